The van der Waals surface area contributed by atoms with Crippen LogP contribution in [0.15, 0.2) is 77.7 Å². The van der Waals surface area contributed by atoms with E-state index in [0.29, 0.717) is 11.5 Å². The van der Waals surface area contributed by atoms with Gasteiger partial charge in [-0.3, -0.25) is 13.9 Å². The van der Waals surface area contributed by atoms with E-state index in [2.05, 4.69) is 5.32 Å². The number of methoxy groups -OCH3 is 2. The number of nitrogens with one attached hydrogen (secondary N) is 1. The molecule has 0 aromatic heterocycles. The fourth-order valence-corrected chi connectivity index (χ4v) is 5.25. The molecule has 0 aliphatic heterocycles. The average molecular weight is 540 g/mol. The lowest BCUT2D eigenvalue weighted by molar-refractivity contribution is -0.139. The van der Waals surface area contributed by atoms with Crippen molar-refractivity contribution in [3.05, 3.63) is 83.9 Å². The number of aryl methyl sites for hydroxylation is 1. The first-order chi connectivity index (χ1) is 18.1. The van der Waals surface area contributed by atoms with Gasteiger partial charge in [0.05, 0.1) is 24.8 Å². The van der Waals surface area contributed by atoms with Crippen LogP contribution in [0.3, 0.4) is 0 Å². The lowest BCUT2D eigenvalue weighted by atomic mass is 10.1. The summed E-state index contributed by atoms with van der Waals surface area (Å²) in [6.45, 7) is 3.04. The lowest BCUT2D eigenvalue weighted by Gasteiger charge is -2.31. The van der Waals surface area contributed by atoms with Crippen molar-refractivity contribution in [3.63, 3.8) is 0 Å². The van der Waals surface area contributed by atoms with E-state index >= 15 is 0 Å². The maximum atomic E-state index is 13.8. The third-order valence-electron chi connectivity index (χ3n) is 6.17. The molecule has 0 fully saturated rings. The van der Waals surface area contributed by atoms with Gasteiger partial charge in [-0.15, -0.1) is 0 Å². The van der Waals surface area contributed by atoms with Crippen molar-refractivity contribution in [2.75, 3.05) is 32.1 Å². The largest absolute Gasteiger partial charge is 0.497 e. The van der Waals surface area contributed by atoms with Crippen molar-refractivity contribution >= 4 is 27.5 Å². The minimum Gasteiger partial charge on any atom is -0.497 e. The fourth-order valence-electron chi connectivity index (χ4n) is 3.83. The van der Waals surface area contributed by atoms with E-state index in [9.17, 15) is 18.0 Å². The van der Waals surface area contributed by atoms with E-state index < -0.39 is 28.5 Å². The van der Waals surface area contributed by atoms with Gasteiger partial charge >= 0.3 is 0 Å². The first-order valence-corrected chi connectivity index (χ1v) is 13.4. The van der Waals surface area contributed by atoms with E-state index in [4.69, 9.17) is 9.47 Å². The van der Waals surface area contributed by atoms with Gasteiger partial charge in [0.1, 0.15) is 24.1 Å². The van der Waals surface area contributed by atoms with Crippen molar-refractivity contribution in [2.45, 2.75) is 31.3 Å². The van der Waals surface area contributed by atoms with Crippen LogP contribution in [-0.4, -0.2) is 59.0 Å². The summed E-state index contributed by atoms with van der Waals surface area (Å²) in [5.41, 5.74) is 1.95. The molecule has 0 unspecified atom stereocenters. The summed E-state index contributed by atoms with van der Waals surface area (Å²) in [4.78, 5) is 27.7. The Bertz CT molecular complexity index is 1340. The Kier molecular flexibility index (Phi) is 9.35. The molecule has 10 heteroatoms. The zero-order valence-electron chi connectivity index (χ0n) is 22.2. The zero-order chi connectivity index (χ0) is 27.9. The normalized spacial score (nSPS) is 11.8. The number of amides is 2. The summed E-state index contributed by atoms with van der Waals surface area (Å²) in [5, 5.41) is 2.56. The molecular weight excluding hydrogens is 506 g/mol. The Balaban J connectivity index is 2.01. The molecule has 202 valence electrons. The molecule has 3 aromatic carbocycles. The number of ether oxygens (including phenoxy) is 2. The molecule has 1 atom stereocenters. The fraction of sp³-hybridized carbons (Fsp3) is 0.286. The summed E-state index contributed by atoms with van der Waals surface area (Å²) in [5.74, 6) is 0.288. The number of sulfonamides is 1. The van der Waals surface area contributed by atoms with Crippen molar-refractivity contribution in [1.29, 1.82) is 0 Å². The van der Waals surface area contributed by atoms with Gasteiger partial charge in [-0.25, -0.2) is 8.42 Å². The number of anilines is 1. The summed E-state index contributed by atoms with van der Waals surface area (Å²) in [6, 6.07) is 19.1. The van der Waals surface area contributed by atoms with Crippen LogP contribution in [0.2, 0.25) is 0 Å². The van der Waals surface area contributed by atoms with Crippen LogP contribution in [0.5, 0.6) is 11.5 Å². The zero-order valence-corrected chi connectivity index (χ0v) is 23.0. The molecule has 38 heavy (non-hydrogen) atoms. The smallest absolute Gasteiger partial charge is 0.264 e. The number of likely N-dealkylation sites (N-methyl/N-ethyl adjacent to an activating group) is 1. The number of nitrogens with zero attached hydrogens (tertiary/aromatic N) is 2. The second kappa shape index (κ2) is 12.5. The maximum absolute atomic E-state index is 13.8. The minimum atomic E-state index is -4.12. The number of hydrogen-bond donors (Lipinski definition) is 1. The molecule has 3 aromatic rings. The van der Waals surface area contributed by atoms with Gasteiger partial charge in [0.15, 0.2) is 0 Å². The highest BCUT2D eigenvalue weighted by Crippen LogP contribution is 2.27. The molecule has 0 bridgehead atoms. The second-order valence-electron chi connectivity index (χ2n) is 8.68. The standard InChI is InChI=1S/C28H33N3O6S/c1-20-6-16-26(17-7-20)38(34,35)31(23-10-14-25(37-5)15-11-23)19-27(32)30(21(2)28(33)29-3)18-22-8-12-24(36-4)13-9-22/h6-17,21H,18-19H2,1-5H3,(H,29,33)/t21-/m1/s1. The van der Waals surface area contributed by atoms with Gasteiger partial charge in [-0.2, -0.15) is 0 Å². The summed E-state index contributed by atoms with van der Waals surface area (Å²) < 4.78 is 39.0. The van der Waals surface area contributed by atoms with Crippen LogP contribution in [0.1, 0.15) is 18.1 Å². The third kappa shape index (κ3) is 6.63. The monoisotopic (exact) mass is 539 g/mol. The van der Waals surface area contributed by atoms with E-state index in [1.54, 1.807) is 74.7 Å². The molecular formula is C28H33N3O6S. The average Bonchev–Trinajstić information content (AvgIpc) is 2.94. The van der Waals surface area contributed by atoms with Crippen LogP contribution in [-0.2, 0) is 26.2 Å². The van der Waals surface area contributed by atoms with Gasteiger partial charge in [-0.05, 0) is 67.9 Å². The number of hydrogen-bond acceptors (Lipinski definition) is 6. The van der Waals surface area contributed by atoms with Gasteiger partial charge in [0.2, 0.25) is 11.8 Å². The summed E-state index contributed by atoms with van der Waals surface area (Å²) >= 11 is 0. The topological polar surface area (TPSA) is 105 Å². The van der Waals surface area contributed by atoms with Gasteiger partial charge in [-0.1, -0.05) is 29.8 Å². The molecule has 1 N–H and O–H groups in total. The van der Waals surface area contributed by atoms with Crippen molar-refractivity contribution < 1.29 is 27.5 Å². The van der Waals surface area contributed by atoms with E-state index in [-0.39, 0.29) is 23.0 Å². The predicted octanol–water partition coefficient (Wildman–Crippen LogP) is 3.37. The Morgan fingerprint density at radius 2 is 1.39 bits per heavy atom. The first kappa shape index (κ1) is 28.5. The van der Waals surface area contributed by atoms with E-state index in [0.717, 1.165) is 15.4 Å². The molecule has 0 saturated heterocycles. The van der Waals surface area contributed by atoms with Crippen LogP contribution in [0.25, 0.3) is 0 Å². The first-order valence-electron chi connectivity index (χ1n) is 12.0. The predicted molar refractivity (Wildman–Crippen MR) is 146 cm³/mol. The number of carbonyl (C=O) groups is 2. The van der Waals surface area contributed by atoms with E-state index in [1.165, 1.54) is 31.2 Å². The second-order valence-corrected chi connectivity index (χ2v) is 10.5. The van der Waals surface area contributed by atoms with Gasteiger partial charge < -0.3 is 19.7 Å². The van der Waals surface area contributed by atoms with Crippen LogP contribution in [0.4, 0.5) is 5.69 Å². The Morgan fingerprint density at radius 1 is 0.868 bits per heavy atom. The third-order valence-corrected chi connectivity index (χ3v) is 7.96. The lowest BCUT2D eigenvalue weighted by Crippen LogP contribution is -2.50. The molecule has 9 nitrogen and oxygen atoms in total. The highest BCUT2D eigenvalue weighted by Gasteiger charge is 2.32. The van der Waals surface area contributed by atoms with Crippen LogP contribution >= 0.6 is 0 Å². The molecule has 0 spiro atoms. The highest BCUT2D eigenvalue weighted by atomic mass is 32.2. The van der Waals surface area contributed by atoms with Crippen LogP contribution < -0.4 is 19.1 Å². The molecule has 0 radical (unpaired) electrons. The SMILES string of the molecule is CNC(=O)[C@@H](C)N(Cc1ccc(OC)cc1)C(=O)CN(c1ccc(OC)cc1)S(=O)(=O)c1ccc(C)cc1. The summed E-state index contributed by atoms with van der Waals surface area (Å²) in [7, 11) is 0.429. The van der Waals surface area contributed by atoms with Crippen molar-refractivity contribution in [1.82, 2.24) is 10.2 Å². The van der Waals surface area contributed by atoms with Crippen molar-refractivity contribution in [2.24, 2.45) is 0 Å². The highest BCUT2D eigenvalue weighted by molar-refractivity contribution is 7.92. The molecule has 0 aliphatic carbocycles. The van der Waals surface area contributed by atoms with E-state index in [1.807, 2.05) is 6.92 Å². The number of rotatable bonds is 11. The summed E-state index contributed by atoms with van der Waals surface area (Å²) in [6.07, 6.45) is 0. The number of benzene rings is 3. The Morgan fingerprint density at radius 3 is 1.89 bits per heavy atom. The molecule has 0 heterocycles. The van der Waals surface area contributed by atoms with Gasteiger partial charge in [0, 0.05) is 13.6 Å². The van der Waals surface area contributed by atoms with Crippen molar-refractivity contribution in [3.8, 4) is 11.5 Å². The maximum Gasteiger partial charge on any atom is 0.264 e. The Hall–Kier alpha value is -4.05. The quantitative estimate of drug-likeness (QED) is 0.401. The molecule has 0 aliphatic rings. The number of carbonyl (C=O) groups excluding carboxylic acids is 2. The van der Waals surface area contributed by atoms with Gasteiger partial charge in [0.25, 0.3) is 10.0 Å². The molecule has 0 saturated carbocycles. The molecule has 3 rings (SSSR count). The Labute approximate surface area is 224 Å². The van der Waals surface area contributed by atoms with Crippen LogP contribution in [0, 0.1) is 6.92 Å². The molecule has 2 amide bonds. The minimum absolute atomic E-state index is 0.0489.